The van der Waals surface area contributed by atoms with Gasteiger partial charge in [-0.1, -0.05) is 30.3 Å². The maximum absolute atomic E-state index is 4.39. The van der Waals surface area contributed by atoms with E-state index >= 15 is 0 Å². The average Bonchev–Trinajstić information content (AvgIpc) is 2.43. The van der Waals surface area contributed by atoms with Gasteiger partial charge in [-0.2, -0.15) is 5.10 Å². The predicted octanol–water partition coefficient (Wildman–Crippen LogP) is 3.00. The maximum atomic E-state index is 4.39. The Morgan fingerprint density at radius 3 is 2.36 bits per heavy atom. The monoisotopic (exact) mass is 298 g/mol. The number of halogens is 1. The minimum Gasteiger partial charge on any atom is -0.271 e. The molecule has 1 heterocycles. The van der Waals surface area contributed by atoms with Gasteiger partial charge in [-0.25, -0.2) is 0 Å². The lowest BCUT2D eigenvalue weighted by atomic mass is 10.1. The highest BCUT2D eigenvalue weighted by atomic mass is 127. The zero-order chi connectivity index (χ0) is 10.1. The molecule has 0 saturated heterocycles. The van der Waals surface area contributed by atoms with Crippen LogP contribution >= 0.6 is 22.6 Å². The Hall–Kier alpha value is -0.840. The van der Waals surface area contributed by atoms with Gasteiger partial charge >= 0.3 is 0 Å². The Kier molecular flexibility index (Phi) is 2.58. The molecule has 0 atom stereocenters. The van der Waals surface area contributed by atoms with Crippen molar-refractivity contribution in [1.82, 2.24) is 9.78 Å². The molecule has 1 aromatic carbocycles. The molecule has 0 bridgehead atoms. The first-order valence-corrected chi connectivity index (χ1v) is 5.52. The molecule has 0 radical (unpaired) electrons. The standard InChI is InChI=1S/C11H11IN2/c1-8-10(11(12)13-14(8)2)9-6-4-3-5-7-9/h3-7H,1-2H3. The van der Waals surface area contributed by atoms with Gasteiger partial charge in [-0.15, -0.1) is 0 Å². The third kappa shape index (κ3) is 1.56. The lowest BCUT2D eigenvalue weighted by Gasteiger charge is -2.00. The second-order valence-corrected chi connectivity index (χ2v) is 4.26. The zero-order valence-corrected chi connectivity index (χ0v) is 10.3. The van der Waals surface area contributed by atoms with Crippen molar-refractivity contribution in [1.29, 1.82) is 0 Å². The van der Waals surface area contributed by atoms with E-state index in [1.165, 1.54) is 16.8 Å². The molecule has 3 heteroatoms. The van der Waals surface area contributed by atoms with Crippen molar-refractivity contribution >= 4 is 22.6 Å². The Morgan fingerprint density at radius 1 is 1.21 bits per heavy atom. The van der Waals surface area contributed by atoms with Gasteiger partial charge in [0.15, 0.2) is 0 Å². The van der Waals surface area contributed by atoms with Crippen LogP contribution in [0, 0.1) is 10.6 Å². The Bertz CT molecular complexity index is 446. The lowest BCUT2D eigenvalue weighted by molar-refractivity contribution is 0.734. The van der Waals surface area contributed by atoms with Crippen molar-refractivity contribution in [3.63, 3.8) is 0 Å². The largest absolute Gasteiger partial charge is 0.271 e. The molecule has 72 valence electrons. The molecule has 0 spiro atoms. The summed E-state index contributed by atoms with van der Waals surface area (Å²) < 4.78 is 2.98. The molecule has 14 heavy (non-hydrogen) atoms. The number of benzene rings is 1. The summed E-state index contributed by atoms with van der Waals surface area (Å²) in [6, 6.07) is 10.4. The molecular formula is C11H11IN2. The summed E-state index contributed by atoms with van der Waals surface area (Å²) in [5.41, 5.74) is 3.69. The van der Waals surface area contributed by atoms with E-state index in [0.29, 0.717) is 0 Å². The van der Waals surface area contributed by atoms with Crippen molar-refractivity contribution in [2.75, 3.05) is 0 Å². The third-order valence-electron chi connectivity index (χ3n) is 2.35. The molecule has 0 amide bonds. The first kappa shape index (κ1) is 9.71. The van der Waals surface area contributed by atoms with Crippen LogP contribution in [-0.4, -0.2) is 9.78 Å². The fourth-order valence-corrected chi connectivity index (χ4v) is 2.53. The molecule has 2 aromatic rings. The molecule has 0 aliphatic heterocycles. The molecule has 0 unspecified atom stereocenters. The number of nitrogens with zero attached hydrogens (tertiary/aromatic N) is 2. The normalized spacial score (nSPS) is 10.5. The molecule has 0 aliphatic rings. The van der Waals surface area contributed by atoms with E-state index in [2.05, 4.69) is 58.9 Å². The van der Waals surface area contributed by atoms with Crippen LogP contribution in [0.2, 0.25) is 0 Å². The summed E-state index contributed by atoms with van der Waals surface area (Å²) in [4.78, 5) is 0. The van der Waals surface area contributed by atoms with Crippen molar-refractivity contribution < 1.29 is 0 Å². The number of aromatic nitrogens is 2. The van der Waals surface area contributed by atoms with Crippen molar-refractivity contribution in [3.05, 3.63) is 39.7 Å². The number of hydrogen-bond acceptors (Lipinski definition) is 1. The molecule has 0 N–H and O–H groups in total. The molecular weight excluding hydrogens is 287 g/mol. The van der Waals surface area contributed by atoms with Gasteiger partial charge in [-0.05, 0) is 35.1 Å². The van der Waals surface area contributed by atoms with Gasteiger partial charge in [0.2, 0.25) is 0 Å². The third-order valence-corrected chi connectivity index (χ3v) is 3.11. The van der Waals surface area contributed by atoms with Crippen LogP contribution in [0.5, 0.6) is 0 Å². The van der Waals surface area contributed by atoms with Gasteiger partial charge in [0.05, 0.1) is 0 Å². The first-order chi connectivity index (χ1) is 6.70. The summed E-state index contributed by atoms with van der Waals surface area (Å²) in [7, 11) is 1.98. The predicted molar refractivity (Wildman–Crippen MR) is 66.1 cm³/mol. The minimum atomic E-state index is 1.06. The van der Waals surface area contributed by atoms with Crippen LogP contribution in [0.15, 0.2) is 30.3 Å². The van der Waals surface area contributed by atoms with E-state index in [4.69, 9.17) is 0 Å². The maximum Gasteiger partial charge on any atom is 0.131 e. The number of aryl methyl sites for hydroxylation is 1. The Labute approximate surface area is 97.1 Å². The van der Waals surface area contributed by atoms with Crippen molar-refractivity contribution in [3.8, 4) is 11.1 Å². The number of rotatable bonds is 1. The zero-order valence-electron chi connectivity index (χ0n) is 8.16. The van der Waals surface area contributed by atoms with E-state index in [1.54, 1.807) is 0 Å². The fraction of sp³-hybridized carbons (Fsp3) is 0.182. The van der Waals surface area contributed by atoms with Crippen molar-refractivity contribution in [2.24, 2.45) is 7.05 Å². The van der Waals surface area contributed by atoms with Crippen LogP contribution in [0.1, 0.15) is 5.69 Å². The smallest absolute Gasteiger partial charge is 0.131 e. The van der Waals surface area contributed by atoms with Gasteiger partial charge in [-0.3, -0.25) is 4.68 Å². The summed E-state index contributed by atoms with van der Waals surface area (Å²) in [5.74, 6) is 0. The van der Waals surface area contributed by atoms with Gasteiger partial charge in [0, 0.05) is 18.3 Å². The molecule has 0 saturated carbocycles. The minimum absolute atomic E-state index is 1.06. The highest BCUT2D eigenvalue weighted by Gasteiger charge is 2.11. The summed E-state index contributed by atoms with van der Waals surface area (Å²) in [5, 5.41) is 4.39. The molecule has 2 rings (SSSR count). The summed E-state index contributed by atoms with van der Waals surface area (Å²) in [6.45, 7) is 2.09. The first-order valence-electron chi connectivity index (χ1n) is 4.44. The van der Waals surface area contributed by atoms with E-state index < -0.39 is 0 Å². The SMILES string of the molecule is Cc1c(-c2ccccc2)c(I)nn1C. The Morgan fingerprint density at radius 2 is 1.86 bits per heavy atom. The van der Waals surface area contributed by atoms with Crippen LogP contribution in [-0.2, 0) is 7.05 Å². The molecule has 2 nitrogen and oxygen atoms in total. The highest BCUT2D eigenvalue weighted by Crippen LogP contribution is 2.27. The molecule has 1 aromatic heterocycles. The van der Waals surface area contributed by atoms with Gasteiger partial charge in [0.25, 0.3) is 0 Å². The van der Waals surface area contributed by atoms with E-state index in [-0.39, 0.29) is 0 Å². The van der Waals surface area contributed by atoms with Crippen LogP contribution in [0.3, 0.4) is 0 Å². The number of hydrogen-bond donors (Lipinski definition) is 0. The lowest BCUT2D eigenvalue weighted by Crippen LogP contribution is -1.92. The molecule has 0 aliphatic carbocycles. The average molecular weight is 298 g/mol. The van der Waals surface area contributed by atoms with Gasteiger partial charge < -0.3 is 0 Å². The second-order valence-electron chi connectivity index (χ2n) is 3.24. The highest BCUT2D eigenvalue weighted by molar-refractivity contribution is 14.1. The van der Waals surface area contributed by atoms with Gasteiger partial charge in [0.1, 0.15) is 3.70 Å². The van der Waals surface area contributed by atoms with E-state index in [9.17, 15) is 0 Å². The summed E-state index contributed by atoms with van der Waals surface area (Å²) >= 11 is 2.28. The molecule has 0 fully saturated rings. The van der Waals surface area contributed by atoms with Crippen LogP contribution in [0.25, 0.3) is 11.1 Å². The summed E-state index contributed by atoms with van der Waals surface area (Å²) in [6.07, 6.45) is 0. The Balaban J connectivity index is 2.62. The van der Waals surface area contributed by atoms with E-state index in [1.807, 2.05) is 17.8 Å². The quantitative estimate of drug-likeness (QED) is 0.740. The fourth-order valence-electron chi connectivity index (χ4n) is 1.50. The topological polar surface area (TPSA) is 17.8 Å². The van der Waals surface area contributed by atoms with Crippen LogP contribution in [0.4, 0.5) is 0 Å². The van der Waals surface area contributed by atoms with Crippen LogP contribution < -0.4 is 0 Å². The van der Waals surface area contributed by atoms with Crippen molar-refractivity contribution in [2.45, 2.75) is 6.92 Å². The second kappa shape index (κ2) is 3.73. The van der Waals surface area contributed by atoms with E-state index in [0.717, 1.165) is 3.70 Å².